The molecule has 0 N–H and O–H groups in total. The van der Waals surface area contributed by atoms with Gasteiger partial charge in [-0.1, -0.05) is 34.1 Å². The second kappa shape index (κ2) is 4.60. The van der Waals surface area contributed by atoms with Crippen LogP contribution in [0.1, 0.15) is 18.4 Å². The Morgan fingerprint density at radius 3 is 2.21 bits per heavy atom. The first kappa shape index (κ1) is 12.6. The van der Waals surface area contributed by atoms with Crippen LogP contribution in [0.3, 0.4) is 0 Å². The maximum absolute atomic E-state index is 12.4. The molecule has 98 valence electrons. The smallest absolute Gasteiger partial charge is 0.238 e. The molecule has 1 heterocycles. The number of fused-ring (bicyclic) bond motifs is 1. The average Bonchev–Trinajstić information content (AvgIpc) is 2.66. The Morgan fingerprint density at radius 2 is 1.68 bits per heavy atom. The zero-order valence-corrected chi connectivity index (χ0v) is 12.2. The van der Waals surface area contributed by atoms with Crippen LogP contribution in [-0.4, -0.2) is 11.8 Å². The lowest BCUT2D eigenvalue weighted by atomic mass is 9.85. The Labute approximate surface area is 120 Å². The van der Waals surface area contributed by atoms with E-state index in [2.05, 4.69) is 15.9 Å². The molecule has 0 saturated carbocycles. The number of aryl methyl sites for hydroxylation is 1. The first-order valence-corrected chi connectivity index (χ1v) is 7.18. The number of rotatable bonds is 1. The van der Waals surface area contributed by atoms with Gasteiger partial charge in [-0.3, -0.25) is 9.59 Å². The molecule has 2 unspecified atom stereocenters. The Morgan fingerprint density at radius 1 is 1.11 bits per heavy atom. The molecule has 1 aromatic rings. The number of imide groups is 1. The molecule has 3 rings (SSSR count). The molecule has 4 heteroatoms. The number of carbonyl (C=O) groups is 2. The summed E-state index contributed by atoms with van der Waals surface area (Å²) in [6.45, 7) is 1.98. The summed E-state index contributed by atoms with van der Waals surface area (Å²) in [5.74, 6) is -0.458. The van der Waals surface area contributed by atoms with Crippen LogP contribution in [0.2, 0.25) is 0 Å². The first-order chi connectivity index (χ1) is 9.09. The van der Waals surface area contributed by atoms with Crippen molar-refractivity contribution in [3.63, 3.8) is 0 Å². The molecule has 2 atom stereocenters. The molecule has 0 bridgehead atoms. The van der Waals surface area contributed by atoms with Crippen LogP contribution >= 0.6 is 15.9 Å². The molecular weight excluding hydrogens is 306 g/mol. The van der Waals surface area contributed by atoms with Gasteiger partial charge in [0.15, 0.2) is 0 Å². The second-order valence-electron chi connectivity index (χ2n) is 5.10. The monoisotopic (exact) mass is 319 g/mol. The molecule has 0 aromatic heterocycles. The van der Waals surface area contributed by atoms with Crippen molar-refractivity contribution in [2.45, 2.75) is 19.8 Å². The van der Waals surface area contributed by atoms with Gasteiger partial charge in [0.25, 0.3) is 0 Å². The molecular formula is C15H14BrNO2. The van der Waals surface area contributed by atoms with Gasteiger partial charge in [-0.05, 0) is 37.5 Å². The largest absolute Gasteiger partial charge is 0.274 e. The van der Waals surface area contributed by atoms with E-state index < -0.39 is 0 Å². The van der Waals surface area contributed by atoms with Gasteiger partial charge in [0.05, 0.1) is 17.5 Å². The maximum atomic E-state index is 12.4. The summed E-state index contributed by atoms with van der Waals surface area (Å²) in [5, 5.41) is 0. The van der Waals surface area contributed by atoms with Crippen LogP contribution in [-0.2, 0) is 9.59 Å². The van der Waals surface area contributed by atoms with Crippen LogP contribution in [0.15, 0.2) is 34.8 Å². The molecule has 0 spiro atoms. The Hall–Kier alpha value is -1.42. The predicted octanol–water partition coefficient (Wildman–Crippen LogP) is 3.21. The molecule has 2 amide bonds. The fourth-order valence-electron chi connectivity index (χ4n) is 2.78. The van der Waals surface area contributed by atoms with Gasteiger partial charge in [-0.2, -0.15) is 0 Å². The summed E-state index contributed by atoms with van der Waals surface area (Å²) in [6, 6.07) is 5.59. The van der Waals surface area contributed by atoms with Gasteiger partial charge in [0, 0.05) is 4.47 Å². The van der Waals surface area contributed by atoms with Crippen LogP contribution in [0, 0.1) is 18.8 Å². The molecule has 19 heavy (non-hydrogen) atoms. The highest BCUT2D eigenvalue weighted by molar-refractivity contribution is 9.10. The molecule has 3 nitrogen and oxygen atoms in total. The standard InChI is InChI=1S/C15H14BrNO2/c1-9-6-7-10(8-13(9)16)17-14(18)11-4-2-3-5-12(11)15(17)19/h2-3,6-8,11-12H,4-5H2,1H3. The van der Waals surface area contributed by atoms with Crippen LogP contribution < -0.4 is 4.90 Å². The number of allylic oxidation sites excluding steroid dienone is 2. The highest BCUT2D eigenvalue weighted by Crippen LogP contribution is 2.38. The lowest BCUT2D eigenvalue weighted by Crippen LogP contribution is -2.30. The van der Waals surface area contributed by atoms with Gasteiger partial charge < -0.3 is 0 Å². The van der Waals surface area contributed by atoms with Crippen molar-refractivity contribution in [1.82, 2.24) is 0 Å². The van der Waals surface area contributed by atoms with Gasteiger partial charge in [-0.25, -0.2) is 4.90 Å². The number of hydrogen-bond acceptors (Lipinski definition) is 2. The van der Waals surface area contributed by atoms with Crippen LogP contribution in [0.5, 0.6) is 0 Å². The van der Waals surface area contributed by atoms with Crippen LogP contribution in [0.25, 0.3) is 0 Å². The molecule has 1 aliphatic heterocycles. The van der Waals surface area contributed by atoms with Crippen molar-refractivity contribution in [3.05, 3.63) is 40.4 Å². The van der Waals surface area contributed by atoms with E-state index in [9.17, 15) is 9.59 Å². The van der Waals surface area contributed by atoms with E-state index in [1.165, 1.54) is 4.90 Å². The van der Waals surface area contributed by atoms with E-state index in [1.807, 2.05) is 37.3 Å². The molecule has 1 saturated heterocycles. The number of hydrogen-bond donors (Lipinski definition) is 0. The summed E-state index contributed by atoms with van der Waals surface area (Å²) < 4.78 is 0.915. The van der Waals surface area contributed by atoms with Crippen LogP contribution in [0.4, 0.5) is 5.69 Å². The normalized spacial score (nSPS) is 25.9. The predicted molar refractivity (Wildman–Crippen MR) is 76.7 cm³/mol. The number of halogens is 1. The summed E-state index contributed by atoms with van der Waals surface area (Å²) in [4.78, 5) is 26.2. The fraction of sp³-hybridized carbons (Fsp3) is 0.333. The van der Waals surface area contributed by atoms with Crippen molar-refractivity contribution in [2.75, 3.05) is 4.90 Å². The second-order valence-corrected chi connectivity index (χ2v) is 5.96. The van der Waals surface area contributed by atoms with E-state index >= 15 is 0 Å². The number of amides is 2. The third-order valence-electron chi connectivity index (χ3n) is 3.92. The van der Waals surface area contributed by atoms with E-state index in [-0.39, 0.29) is 23.7 Å². The highest BCUT2D eigenvalue weighted by atomic mass is 79.9. The zero-order valence-electron chi connectivity index (χ0n) is 10.6. The van der Waals surface area contributed by atoms with E-state index in [0.717, 1.165) is 10.0 Å². The number of benzene rings is 1. The third-order valence-corrected chi connectivity index (χ3v) is 4.78. The van der Waals surface area contributed by atoms with Gasteiger partial charge in [0.2, 0.25) is 11.8 Å². The van der Waals surface area contributed by atoms with E-state index in [0.29, 0.717) is 18.5 Å². The average molecular weight is 320 g/mol. The first-order valence-electron chi connectivity index (χ1n) is 6.38. The summed E-state index contributed by atoms with van der Waals surface area (Å²) in [7, 11) is 0. The zero-order chi connectivity index (χ0) is 13.6. The van der Waals surface area contributed by atoms with Crippen molar-refractivity contribution in [1.29, 1.82) is 0 Å². The minimum Gasteiger partial charge on any atom is -0.274 e. The molecule has 0 radical (unpaired) electrons. The molecule has 1 fully saturated rings. The highest BCUT2D eigenvalue weighted by Gasteiger charge is 2.47. The number of anilines is 1. The third kappa shape index (κ3) is 1.94. The SMILES string of the molecule is Cc1ccc(N2C(=O)C3CC=CCC3C2=O)cc1Br. The summed E-state index contributed by atoms with van der Waals surface area (Å²) in [5.41, 5.74) is 1.75. The lowest BCUT2D eigenvalue weighted by Gasteiger charge is -2.15. The van der Waals surface area contributed by atoms with E-state index in [1.54, 1.807) is 0 Å². The quantitative estimate of drug-likeness (QED) is 0.588. The molecule has 1 aliphatic carbocycles. The van der Waals surface area contributed by atoms with Crippen molar-refractivity contribution < 1.29 is 9.59 Å². The fourth-order valence-corrected chi connectivity index (χ4v) is 3.14. The van der Waals surface area contributed by atoms with Gasteiger partial charge >= 0.3 is 0 Å². The van der Waals surface area contributed by atoms with Gasteiger partial charge in [0.1, 0.15) is 0 Å². The van der Waals surface area contributed by atoms with Crippen molar-refractivity contribution in [3.8, 4) is 0 Å². The minimum absolute atomic E-state index is 0.0601. The summed E-state index contributed by atoms with van der Waals surface area (Å²) in [6.07, 6.45) is 5.36. The molecule has 1 aromatic carbocycles. The van der Waals surface area contributed by atoms with Crippen molar-refractivity contribution in [2.24, 2.45) is 11.8 Å². The Bertz CT molecular complexity index is 568. The minimum atomic E-state index is -0.169. The number of nitrogens with zero attached hydrogens (tertiary/aromatic N) is 1. The topological polar surface area (TPSA) is 37.4 Å². The summed E-state index contributed by atoms with van der Waals surface area (Å²) >= 11 is 3.45. The van der Waals surface area contributed by atoms with Gasteiger partial charge in [-0.15, -0.1) is 0 Å². The van der Waals surface area contributed by atoms with E-state index in [4.69, 9.17) is 0 Å². The van der Waals surface area contributed by atoms with Crippen molar-refractivity contribution >= 4 is 33.4 Å². The maximum Gasteiger partial charge on any atom is 0.238 e. The molecule has 2 aliphatic rings. The number of carbonyl (C=O) groups excluding carboxylic acids is 2. The lowest BCUT2D eigenvalue weighted by molar-refractivity contribution is -0.122. The Kier molecular flexibility index (Phi) is 3.05. The Balaban J connectivity index is 1.99.